The van der Waals surface area contributed by atoms with E-state index in [4.69, 9.17) is 5.10 Å². The molecule has 0 bridgehead atoms. The van der Waals surface area contributed by atoms with Gasteiger partial charge in [0.1, 0.15) is 6.04 Å². The molecule has 0 radical (unpaired) electrons. The zero-order valence-electron chi connectivity index (χ0n) is 17.3. The Morgan fingerprint density at radius 2 is 1.62 bits per heavy atom. The molecule has 1 atom stereocenters. The minimum Gasteiger partial charge on any atom is -0.480 e. The average Bonchev–Trinajstić information content (AvgIpc) is 3.09. The number of nitrogens with one attached hydrogen (secondary N) is 1. The van der Waals surface area contributed by atoms with Gasteiger partial charge in [-0.2, -0.15) is 5.10 Å². The SMILES string of the molecule is CC(C)(C)c1nn(Cc2ccccc2)cc1CN[C@H](Cc1ccccc1)C(=O)O. The van der Waals surface area contributed by atoms with Crippen molar-refractivity contribution in [3.63, 3.8) is 0 Å². The molecule has 1 heterocycles. The van der Waals surface area contributed by atoms with E-state index in [1.54, 1.807) is 0 Å². The summed E-state index contributed by atoms with van der Waals surface area (Å²) in [7, 11) is 0. The zero-order valence-corrected chi connectivity index (χ0v) is 17.3. The first kappa shape index (κ1) is 20.8. The minimum absolute atomic E-state index is 0.128. The van der Waals surface area contributed by atoms with Gasteiger partial charge in [0.25, 0.3) is 0 Å². The van der Waals surface area contributed by atoms with E-state index in [9.17, 15) is 9.90 Å². The van der Waals surface area contributed by atoms with Crippen LogP contribution in [0, 0.1) is 0 Å². The van der Waals surface area contributed by atoms with Crippen LogP contribution in [0.25, 0.3) is 0 Å². The molecule has 29 heavy (non-hydrogen) atoms. The number of aromatic nitrogens is 2. The topological polar surface area (TPSA) is 67.2 Å². The van der Waals surface area contributed by atoms with Crippen LogP contribution in [0.5, 0.6) is 0 Å². The highest BCUT2D eigenvalue weighted by Gasteiger charge is 2.24. The standard InChI is InChI=1S/C24H29N3O2/c1-24(2,3)22-20(17-27(26-22)16-19-12-8-5-9-13-19)15-25-21(23(28)29)14-18-10-6-4-7-11-18/h4-13,17,21,25H,14-16H2,1-3H3,(H,28,29)/t21-/m1/s1. The van der Waals surface area contributed by atoms with E-state index >= 15 is 0 Å². The van der Waals surface area contributed by atoms with Crippen LogP contribution in [0.4, 0.5) is 0 Å². The maximum Gasteiger partial charge on any atom is 0.321 e. The van der Waals surface area contributed by atoms with Crippen molar-refractivity contribution in [3.05, 3.63) is 89.2 Å². The van der Waals surface area contributed by atoms with Crippen LogP contribution in [0.3, 0.4) is 0 Å². The molecular formula is C24H29N3O2. The first-order valence-electron chi connectivity index (χ1n) is 9.94. The Kier molecular flexibility index (Phi) is 6.49. The highest BCUT2D eigenvalue weighted by Crippen LogP contribution is 2.25. The smallest absolute Gasteiger partial charge is 0.321 e. The second-order valence-corrected chi connectivity index (χ2v) is 8.40. The predicted octanol–water partition coefficient (Wildman–Crippen LogP) is 4.01. The maximum atomic E-state index is 11.8. The summed E-state index contributed by atoms with van der Waals surface area (Å²) in [5.41, 5.74) is 4.08. The third kappa shape index (κ3) is 5.78. The molecule has 3 rings (SSSR count). The average molecular weight is 392 g/mol. The normalized spacial score (nSPS) is 12.7. The molecule has 0 aliphatic rings. The number of rotatable bonds is 8. The predicted molar refractivity (Wildman–Crippen MR) is 115 cm³/mol. The van der Waals surface area contributed by atoms with Crippen molar-refractivity contribution in [1.82, 2.24) is 15.1 Å². The van der Waals surface area contributed by atoms with Gasteiger partial charge in [-0.15, -0.1) is 0 Å². The van der Waals surface area contributed by atoms with E-state index in [0.717, 1.165) is 16.8 Å². The van der Waals surface area contributed by atoms with Gasteiger partial charge in [0.2, 0.25) is 0 Å². The number of carbonyl (C=O) groups is 1. The second-order valence-electron chi connectivity index (χ2n) is 8.40. The lowest BCUT2D eigenvalue weighted by molar-refractivity contribution is -0.139. The monoisotopic (exact) mass is 391 g/mol. The van der Waals surface area contributed by atoms with Gasteiger partial charge in [-0.05, 0) is 17.5 Å². The molecule has 152 valence electrons. The molecule has 0 spiro atoms. The van der Waals surface area contributed by atoms with Gasteiger partial charge < -0.3 is 5.11 Å². The number of nitrogens with zero attached hydrogens (tertiary/aromatic N) is 2. The summed E-state index contributed by atoms with van der Waals surface area (Å²) in [6, 6.07) is 19.3. The Morgan fingerprint density at radius 1 is 1.03 bits per heavy atom. The van der Waals surface area contributed by atoms with Crippen LogP contribution in [0.1, 0.15) is 43.2 Å². The van der Waals surface area contributed by atoms with Gasteiger partial charge in [-0.1, -0.05) is 81.4 Å². The third-order valence-corrected chi connectivity index (χ3v) is 4.85. The molecule has 5 nitrogen and oxygen atoms in total. The summed E-state index contributed by atoms with van der Waals surface area (Å²) < 4.78 is 1.94. The Balaban J connectivity index is 1.76. The van der Waals surface area contributed by atoms with Crippen molar-refractivity contribution in [3.8, 4) is 0 Å². The van der Waals surface area contributed by atoms with Gasteiger partial charge in [0.05, 0.1) is 12.2 Å². The van der Waals surface area contributed by atoms with Crippen LogP contribution < -0.4 is 5.32 Å². The van der Waals surface area contributed by atoms with Crippen LogP contribution in [0.2, 0.25) is 0 Å². The fraction of sp³-hybridized carbons (Fsp3) is 0.333. The second kappa shape index (κ2) is 9.05. The van der Waals surface area contributed by atoms with E-state index in [0.29, 0.717) is 19.5 Å². The van der Waals surface area contributed by atoms with E-state index in [1.807, 2.05) is 59.4 Å². The molecule has 0 saturated heterocycles. The molecule has 0 saturated carbocycles. The van der Waals surface area contributed by atoms with E-state index in [2.05, 4.69) is 38.2 Å². The van der Waals surface area contributed by atoms with Crippen molar-refractivity contribution < 1.29 is 9.90 Å². The summed E-state index contributed by atoms with van der Waals surface area (Å²) in [6.45, 7) is 7.54. The van der Waals surface area contributed by atoms with E-state index in [1.165, 1.54) is 5.56 Å². The molecule has 2 N–H and O–H groups in total. The number of carboxylic acid groups (broad SMARTS) is 1. The van der Waals surface area contributed by atoms with Crippen molar-refractivity contribution in [2.75, 3.05) is 0 Å². The van der Waals surface area contributed by atoms with Gasteiger partial charge in [0, 0.05) is 23.7 Å². The first-order chi connectivity index (χ1) is 13.8. The number of carboxylic acids is 1. The summed E-state index contributed by atoms with van der Waals surface area (Å²) in [6.07, 6.45) is 2.47. The number of benzene rings is 2. The molecule has 5 heteroatoms. The molecule has 1 aromatic heterocycles. The van der Waals surface area contributed by atoms with Crippen LogP contribution in [-0.2, 0) is 29.7 Å². The van der Waals surface area contributed by atoms with Crippen molar-refractivity contribution in [1.29, 1.82) is 0 Å². The lowest BCUT2D eigenvalue weighted by Gasteiger charge is -2.19. The molecule has 0 aliphatic heterocycles. The van der Waals surface area contributed by atoms with Crippen molar-refractivity contribution >= 4 is 5.97 Å². The van der Waals surface area contributed by atoms with Crippen LogP contribution >= 0.6 is 0 Å². The molecule has 0 fully saturated rings. The Labute approximate surface area is 172 Å². The van der Waals surface area contributed by atoms with E-state index in [-0.39, 0.29) is 5.41 Å². The lowest BCUT2D eigenvalue weighted by atomic mass is 9.89. The third-order valence-electron chi connectivity index (χ3n) is 4.85. The van der Waals surface area contributed by atoms with Gasteiger partial charge in [-0.3, -0.25) is 14.8 Å². The summed E-state index contributed by atoms with van der Waals surface area (Å²) in [5, 5.41) is 17.7. The first-order valence-corrected chi connectivity index (χ1v) is 9.94. The quantitative estimate of drug-likeness (QED) is 0.609. The van der Waals surface area contributed by atoms with Gasteiger partial charge in [-0.25, -0.2) is 0 Å². The van der Waals surface area contributed by atoms with Crippen LogP contribution in [0.15, 0.2) is 66.9 Å². The number of hydrogen-bond acceptors (Lipinski definition) is 3. The molecule has 0 aliphatic carbocycles. The number of hydrogen-bond donors (Lipinski definition) is 2. The molecule has 0 amide bonds. The Bertz CT molecular complexity index is 928. The summed E-state index contributed by atoms with van der Waals surface area (Å²) in [5.74, 6) is -0.845. The molecule has 2 aromatic carbocycles. The highest BCUT2D eigenvalue weighted by atomic mass is 16.4. The maximum absolute atomic E-state index is 11.8. The molecular weight excluding hydrogens is 362 g/mol. The summed E-state index contributed by atoms with van der Waals surface area (Å²) in [4.78, 5) is 11.8. The Morgan fingerprint density at radius 3 is 2.17 bits per heavy atom. The van der Waals surface area contributed by atoms with Crippen molar-refractivity contribution in [2.45, 2.75) is 51.7 Å². The van der Waals surface area contributed by atoms with Gasteiger partial charge >= 0.3 is 5.97 Å². The highest BCUT2D eigenvalue weighted by molar-refractivity contribution is 5.73. The van der Waals surface area contributed by atoms with Crippen LogP contribution in [-0.4, -0.2) is 26.9 Å². The largest absolute Gasteiger partial charge is 0.480 e. The van der Waals surface area contributed by atoms with E-state index < -0.39 is 12.0 Å². The fourth-order valence-corrected chi connectivity index (χ4v) is 3.40. The fourth-order valence-electron chi connectivity index (χ4n) is 3.40. The molecule has 0 unspecified atom stereocenters. The summed E-state index contributed by atoms with van der Waals surface area (Å²) >= 11 is 0. The van der Waals surface area contributed by atoms with Crippen molar-refractivity contribution in [2.24, 2.45) is 0 Å². The van der Waals surface area contributed by atoms with Gasteiger partial charge in [0.15, 0.2) is 0 Å². The lowest BCUT2D eigenvalue weighted by Crippen LogP contribution is -2.38. The number of aliphatic carboxylic acids is 1. The molecule has 3 aromatic rings. The Hall–Kier alpha value is -2.92. The minimum atomic E-state index is -0.845. The zero-order chi connectivity index (χ0) is 20.9.